The van der Waals surface area contributed by atoms with E-state index < -0.39 is 17.6 Å². The Kier molecular flexibility index (Phi) is 5.03. The molecule has 0 saturated heterocycles. The molecule has 0 heterocycles. The Labute approximate surface area is 174 Å². The van der Waals surface area contributed by atoms with Gasteiger partial charge in [0, 0.05) is 5.54 Å². The molecule has 0 radical (unpaired) electrons. The van der Waals surface area contributed by atoms with Gasteiger partial charge in [-0.25, -0.2) is 9.59 Å². The quantitative estimate of drug-likeness (QED) is 0.474. The molecule has 0 spiro atoms. The lowest BCUT2D eigenvalue weighted by Gasteiger charge is -2.49. The Morgan fingerprint density at radius 2 is 1.90 bits per heavy atom. The average molecular weight is 398 g/mol. The number of carbonyl (C=O) groups is 2. The van der Waals surface area contributed by atoms with Gasteiger partial charge in [-0.15, -0.1) is 0 Å². The molecule has 1 aromatic carbocycles. The maximum atomic E-state index is 12.6. The molecule has 3 aliphatic carbocycles. The summed E-state index contributed by atoms with van der Waals surface area (Å²) in [6.07, 6.45) is 8.33. The normalized spacial score (nSPS) is 30.7. The van der Waals surface area contributed by atoms with Gasteiger partial charge in [0.2, 0.25) is 0 Å². The van der Waals surface area contributed by atoms with E-state index in [1.54, 1.807) is 0 Å². The summed E-state index contributed by atoms with van der Waals surface area (Å²) in [4.78, 5) is 24.7. The maximum Gasteiger partial charge on any atom is 0.415 e. The average Bonchev–Trinajstić information content (AvgIpc) is 3.01. The van der Waals surface area contributed by atoms with Crippen molar-refractivity contribution >= 4 is 12.1 Å². The summed E-state index contributed by atoms with van der Waals surface area (Å²) in [6.45, 7) is 10.1. The van der Waals surface area contributed by atoms with E-state index >= 15 is 0 Å². The molecule has 1 N–H and O–H groups in total. The van der Waals surface area contributed by atoms with Crippen LogP contribution in [0.5, 0.6) is 0 Å². The smallest absolute Gasteiger partial charge is 0.373 e. The molecule has 158 valence electrons. The highest BCUT2D eigenvalue weighted by atomic mass is 16.6. The van der Waals surface area contributed by atoms with Gasteiger partial charge in [0.05, 0.1) is 5.56 Å². The summed E-state index contributed by atoms with van der Waals surface area (Å²) in [5.74, 6) is 1.73. The van der Waals surface area contributed by atoms with Crippen LogP contribution in [-0.2, 0) is 11.2 Å². The lowest BCUT2D eigenvalue weighted by Crippen LogP contribution is -2.41. The predicted octanol–water partition coefficient (Wildman–Crippen LogP) is 5.91. The largest absolute Gasteiger partial charge is 0.415 e. The van der Waals surface area contributed by atoms with Crippen molar-refractivity contribution in [2.45, 2.75) is 91.0 Å². The number of hydrogen-bond acceptors (Lipinski definition) is 3. The summed E-state index contributed by atoms with van der Waals surface area (Å²) in [5, 5.41) is 2.68. The monoisotopic (exact) mass is 397 g/mol. The van der Waals surface area contributed by atoms with E-state index in [2.05, 4.69) is 18.3 Å². The van der Waals surface area contributed by atoms with Gasteiger partial charge in [0.1, 0.15) is 0 Å². The molecular weight excluding hydrogens is 362 g/mol. The van der Waals surface area contributed by atoms with Crippen LogP contribution in [0, 0.1) is 24.2 Å². The second-order valence-corrected chi connectivity index (χ2v) is 10.9. The van der Waals surface area contributed by atoms with Gasteiger partial charge in [-0.3, -0.25) is 0 Å². The Morgan fingerprint density at radius 1 is 1.14 bits per heavy atom. The standard InChI is InChI=1S/C25H35NO3/c1-15-13-20-16(14-19(15)22(27)29-23(28)26-24(2,3)4)8-9-18-17(20)10-12-25(5)11-6-7-21(18)25/h13-14,17-18,21H,6-12H2,1-5H3,(H,26,28)/t17-,18+,21-,25-/m0/s1. The Hall–Kier alpha value is -1.84. The number of ether oxygens (including phenoxy) is 1. The highest BCUT2D eigenvalue weighted by molar-refractivity contribution is 5.97. The van der Waals surface area contributed by atoms with Gasteiger partial charge in [-0.2, -0.15) is 0 Å². The third kappa shape index (κ3) is 3.83. The topological polar surface area (TPSA) is 55.4 Å². The van der Waals surface area contributed by atoms with Crippen molar-refractivity contribution < 1.29 is 14.3 Å². The zero-order valence-corrected chi connectivity index (χ0v) is 18.6. The second-order valence-electron chi connectivity index (χ2n) is 10.9. The molecular formula is C25H35NO3. The van der Waals surface area contributed by atoms with E-state index in [9.17, 15) is 9.59 Å². The van der Waals surface area contributed by atoms with E-state index in [1.807, 2.05) is 33.8 Å². The number of alkyl carbamates (subject to hydrolysis) is 1. The molecule has 4 heteroatoms. The molecule has 0 unspecified atom stereocenters. The molecule has 0 aliphatic heterocycles. The molecule has 1 aromatic rings. The first-order chi connectivity index (χ1) is 13.6. The number of amides is 1. The van der Waals surface area contributed by atoms with Gasteiger partial charge < -0.3 is 10.1 Å². The number of aryl methyl sites for hydroxylation is 2. The van der Waals surface area contributed by atoms with E-state index in [0.717, 1.165) is 23.8 Å². The molecule has 4 atom stereocenters. The molecule has 4 rings (SSSR count). The van der Waals surface area contributed by atoms with E-state index in [0.29, 0.717) is 16.9 Å². The molecule has 0 aromatic heterocycles. The van der Waals surface area contributed by atoms with Crippen molar-refractivity contribution in [3.63, 3.8) is 0 Å². The fraction of sp³-hybridized carbons (Fsp3) is 0.680. The van der Waals surface area contributed by atoms with Gasteiger partial charge in [0.25, 0.3) is 0 Å². The predicted molar refractivity (Wildman–Crippen MR) is 114 cm³/mol. The van der Waals surface area contributed by atoms with Crippen LogP contribution >= 0.6 is 0 Å². The van der Waals surface area contributed by atoms with Crippen LogP contribution in [0.2, 0.25) is 0 Å². The van der Waals surface area contributed by atoms with Gasteiger partial charge in [-0.1, -0.05) is 19.4 Å². The summed E-state index contributed by atoms with van der Waals surface area (Å²) in [5.41, 5.74) is 4.28. The third-order valence-electron chi connectivity index (χ3n) is 7.73. The third-order valence-corrected chi connectivity index (χ3v) is 7.73. The van der Waals surface area contributed by atoms with Crippen molar-refractivity contribution in [3.05, 3.63) is 34.4 Å². The van der Waals surface area contributed by atoms with Crippen molar-refractivity contribution in [3.8, 4) is 0 Å². The number of hydrogen-bond donors (Lipinski definition) is 1. The highest BCUT2D eigenvalue weighted by Crippen LogP contribution is 2.60. The summed E-state index contributed by atoms with van der Waals surface area (Å²) in [6, 6.07) is 4.21. The Morgan fingerprint density at radius 3 is 2.62 bits per heavy atom. The maximum absolute atomic E-state index is 12.6. The molecule has 29 heavy (non-hydrogen) atoms. The van der Waals surface area contributed by atoms with E-state index in [4.69, 9.17) is 4.74 Å². The van der Waals surface area contributed by atoms with Crippen molar-refractivity contribution in [1.82, 2.24) is 5.32 Å². The summed E-state index contributed by atoms with van der Waals surface area (Å²) < 4.78 is 5.07. The fourth-order valence-electron chi connectivity index (χ4n) is 6.42. The molecule has 2 fully saturated rings. The van der Waals surface area contributed by atoms with Crippen LogP contribution < -0.4 is 5.32 Å². The first-order valence-corrected chi connectivity index (χ1v) is 11.3. The second kappa shape index (κ2) is 7.14. The zero-order chi connectivity index (χ0) is 21.0. The number of fused-ring (bicyclic) bond motifs is 5. The van der Waals surface area contributed by atoms with Crippen LogP contribution in [-0.4, -0.2) is 17.6 Å². The van der Waals surface area contributed by atoms with Crippen LogP contribution in [0.15, 0.2) is 12.1 Å². The number of benzene rings is 1. The minimum Gasteiger partial charge on any atom is -0.373 e. The number of rotatable bonds is 1. The molecule has 1 amide bonds. The van der Waals surface area contributed by atoms with Crippen LogP contribution in [0.3, 0.4) is 0 Å². The molecule has 2 saturated carbocycles. The number of nitrogens with one attached hydrogen (secondary N) is 1. The summed E-state index contributed by atoms with van der Waals surface area (Å²) in [7, 11) is 0. The molecule has 3 aliphatic rings. The molecule has 4 nitrogen and oxygen atoms in total. The van der Waals surface area contributed by atoms with E-state index in [1.165, 1.54) is 49.7 Å². The zero-order valence-electron chi connectivity index (χ0n) is 18.6. The number of carbonyl (C=O) groups excluding carboxylic acids is 2. The van der Waals surface area contributed by atoms with Crippen LogP contribution in [0.4, 0.5) is 4.79 Å². The van der Waals surface area contributed by atoms with Gasteiger partial charge >= 0.3 is 12.1 Å². The lowest BCUT2D eigenvalue weighted by atomic mass is 9.56. The Balaban J connectivity index is 1.55. The van der Waals surface area contributed by atoms with Crippen molar-refractivity contribution in [2.24, 2.45) is 17.3 Å². The SMILES string of the molecule is Cc1cc2c(cc1C(=O)OC(=O)NC(C)(C)C)CC[C@@H]1[C@@H]2CC[C@]2(C)CCC[C@@H]12. The lowest BCUT2D eigenvalue weighted by molar-refractivity contribution is 0.0593. The highest BCUT2D eigenvalue weighted by Gasteiger charge is 2.50. The summed E-state index contributed by atoms with van der Waals surface area (Å²) >= 11 is 0. The van der Waals surface area contributed by atoms with Crippen LogP contribution in [0.1, 0.15) is 99.2 Å². The van der Waals surface area contributed by atoms with Gasteiger partial charge in [-0.05, 0) is 112 Å². The van der Waals surface area contributed by atoms with Gasteiger partial charge in [0.15, 0.2) is 0 Å². The van der Waals surface area contributed by atoms with E-state index in [-0.39, 0.29) is 0 Å². The molecule has 0 bridgehead atoms. The minimum atomic E-state index is -0.688. The Bertz CT molecular complexity index is 837. The first kappa shape index (κ1) is 20.4. The first-order valence-electron chi connectivity index (χ1n) is 11.3. The van der Waals surface area contributed by atoms with Crippen molar-refractivity contribution in [1.29, 1.82) is 0 Å². The fourth-order valence-corrected chi connectivity index (χ4v) is 6.42. The van der Waals surface area contributed by atoms with Crippen molar-refractivity contribution in [2.75, 3.05) is 0 Å². The van der Waals surface area contributed by atoms with Crippen LogP contribution in [0.25, 0.3) is 0 Å². The minimum absolute atomic E-state index is 0.438. The number of esters is 1.